The van der Waals surface area contributed by atoms with Crippen molar-refractivity contribution in [3.05, 3.63) is 58.6 Å². The fourth-order valence-corrected chi connectivity index (χ4v) is 2.08. The van der Waals surface area contributed by atoms with Gasteiger partial charge in [0.25, 0.3) is 0 Å². The number of ether oxygens (including phenoxy) is 1. The van der Waals surface area contributed by atoms with E-state index in [0.717, 1.165) is 6.42 Å². The van der Waals surface area contributed by atoms with E-state index >= 15 is 0 Å². The number of hydrogen-bond acceptors (Lipinski definition) is 2. The average molecular weight is 312 g/mol. The van der Waals surface area contributed by atoms with Crippen LogP contribution in [0.3, 0.4) is 0 Å². The van der Waals surface area contributed by atoms with Gasteiger partial charge in [-0.25, -0.2) is 8.78 Å². The zero-order valence-electron chi connectivity index (χ0n) is 11.6. The van der Waals surface area contributed by atoms with Crippen molar-refractivity contribution in [1.29, 1.82) is 0 Å². The Labute approximate surface area is 127 Å². The highest BCUT2D eigenvalue weighted by atomic mass is 35.5. The second-order valence-corrected chi connectivity index (χ2v) is 5.19. The van der Waals surface area contributed by atoms with Crippen LogP contribution in [0.2, 0.25) is 5.02 Å². The van der Waals surface area contributed by atoms with E-state index in [9.17, 15) is 8.78 Å². The Morgan fingerprint density at radius 2 is 1.95 bits per heavy atom. The lowest BCUT2D eigenvalue weighted by Crippen LogP contribution is -2.21. The van der Waals surface area contributed by atoms with Crippen LogP contribution in [0.1, 0.15) is 18.9 Å². The van der Waals surface area contributed by atoms with Gasteiger partial charge in [-0.05, 0) is 48.7 Å². The van der Waals surface area contributed by atoms with Crippen molar-refractivity contribution in [3.8, 4) is 11.5 Å². The quantitative estimate of drug-likeness (QED) is 0.869. The second-order valence-electron chi connectivity index (χ2n) is 4.78. The summed E-state index contributed by atoms with van der Waals surface area (Å²) in [5.41, 5.74) is 6.50. The number of halogens is 3. The van der Waals surface area contributed by atoms with Crippen LogP contribution in [-0.4, -0.2) is 6.04 Å². The lowest BCUT2D eigenvalue weighted by Gasteiger charge is -2.15. The van der Waals surface area contributed by atoms with E-state index in [1.165, 1.54) is 30.3 Å². The van der Waals surface area contributed by atoms with Crippen molar-refractivity contribution in [2.24, 2.45) is 5.73 Å². The van der Waals surface area contributed by atoms with Crippen LogP contribution in [0, 0.1) is 11.6 Å². The summed E-state index contributed by atoms with van der Waals surface area (Å²) in [5.74, 6) is -0.650. The molecule has 0 saturated carbocycles. The molecular weight excluding hydrogens is 296 g/mol. The number of hydrogen-bond donors (Lipinski definition) is 1. The van der Waals surface area contributed by atoms with Gasteiger partial charge in [-0.2, -0.15) is 0 Å². The van der Waals surface area contributed by atoms with E-state index < -0.39 is 5.82 Å². The molecule has 2 N–H and O–H groups in total. The maximum absolute atomic E-state index is 13.9. The van der Waals surface area contributed by atoms with Crippen molar-refractivity contribution in [1.82, 2.24) is 0 Å². The SMILES string of the molecule is CCC(N)Cc1cc(F)ccc1Oc1cccc(Cl)c1F. The number of benzene rings is 2. The Hall–Kier alpha value is -1.65. The molecule has 0 aliphatic carbocycles. The highest BCUT2D eigenvalue weighted by Crippen LogP contribution is 2.31. The first-order valence-electron chi connectivity index (χ1n) is 6.67. The van der Waals surface area contributed by atoms with Crippen molar-refractivity contribution < 1.29 is 13.5 Å². The standard InChI is InChI=1S/C16H16ClF2NO/c1-2-12(20)9-10-8-11(18)6-7-14(10)21-15-5-3-4-13(17)16(15)19/h3-8,12H,2,9,20H2,1H3. The van der Waals surface area contributed by atoms with Gasteiger partial charge in [0.1, 0.15) is 11.6 Å². The van der Waals surface area contributed by atoms with Crippen molar-refractivity contribution in [2.75, 3.05) is 0 Å². The molecule has 0 fully saturated rings. The summed E-state index contributed by atoms with van der Waals surface area (Å²) in [7, 11) is 0. The van der Waals surface area contributed by atoms with Crippen molar-refractivity contribution in [3.63, 3.8) is 0 Å². The predicted molar refractivity (Wildman–Crippen MR) is 79.9 cm³/mol. The lowest BCUT2D eigenvalue weighted by molar-refractivity contribution is 0.434. The largest absolute Gasteiger partial charge is 0.454 e. The van der Waals surface area contributed by atoms with Gasteiger partial charge >= 0.3 is 0 Å². The van der Waals surface area contributed by atoms with E-state index in [1.54, 1.807) is 6.07 Å². The van der Waals surface area contributed by atoms with Gasteiger partial charge in [-0.15, -0.1) is 0 Å². The first kappa shape index (κ1) is 15.7. The normalized spacial score (nSPS) is 12.2. The summed E-state index contributed by atoms with van der Waals surface area (Å²) in [6, 6.07) is 8.45. The molecule has 0 bridgehead atoms. The zero-order chi connectivity index (χ0) is 15.4. The Kier molecular flexibility index (Phi) is 5.15. The van der Waals surface area contributed by atoms with E-state index in [2.05, 4.69) is 0 Å². The Morgan fingerprint density at radius 1 is 1.19 bits per heavy atom. The molecule has 1 atom stereocenters. The lowest BCUT2D eigenvalue weighted by atomic mass is 10.0. The Bertz CT molecular complexity index is 634. The third kappa shape index (κ3) is 3.93. The molecule has 0 aliphatic heterocycles. The Morgan fingerprint density at radius 3 is 2.67 bits per heavy atom. The molecule has 112 valence electrons. The highest BCUT2D eigenvalue weighted by molar-refractivity contribution is 6.30. The summed E-state index contributed by atoms with van der Waals surface area (Å²) in [6.07, 6.45) is 1.20. The molecule has 2 aromatic carbocycles. The van der Waals surface area contributed by atoms with Crippen LogP contribution in [0.4, 0.5) is 8.78 Å². The van der Waals surface area contributed by atoms with Crippen LogP contribution in [-0.2, 0) is 6.42 Å². The van der Waals surface area contributed by atoms with E-state index in [1.807, 2.05) is 6.92 Å². The Balaban J connectivity index is 2.33. The predicted octanol–water partition coefficient (Wildman–Crippen LogP) is 4.69. The van der Waals surface area contributed by atoms with Crippen LogP contribution >= 0.6 is 11.6 Å². The zero-order valence-corrected chi connectivity index (χ0v) is 12.3. The smallest absolute Gasteiger partial charge is 0.184 e. The van der Waals surface area contributed by atoms with Gasteiger partial charge in [0.05, 0.1) is 5.02 Å². The fourth-order valence-electron chi connectivity index (χ4n) is 1.92. The van der Waals surface area contributed by atoms with Crippen molar-refractivity contribution >= 4 is 11.6 Å². The average Bonchev–Trinajstić information content (AvgIpc) is 2.46. The monoisotopic (exact) mass is 311 g/mol. The molecule has 2 aromatic rings. The summed E-state index contributed by atoms with van der Waals surface area (Å²) in [4.78, 5) is 0. The summed E-state index contributed by atoms with van der Waals surface area (Å²) in [6.45, 7) is 1.95. The maximum atomic E-state index is 13.9. The molecule has 5 heteroatoms. The summed E-state index contributed by atoms with van der Waals surface area (Å²) < 4.78 is 32.8. The molecule has 1 unspecified atom stereocenters. The van der Waals surface area contributed by atoms with Crippen LogP contribution in [0.5, 0.6) is 11.5 Å². The van der Waals surface area contributed by atoms with Gasteiger partial charge in [-0.3, -0.25) is 0 Å². The molecule has 0 radical (unpaired) electrons. The number of nitrogens with two attached hydrogens (primary N) is 1. The van der Waals surface area contributed by atoms with Gasteiger partial charge in [0.15, 0.2) is 11.6 Å². The highest BCUT2D eigenvalue weighted by Gasteiger charge is 2.13. The van der Waals surface area contributed by atoms with Gasteiger partial charge < -0.3 is 10.5 Å². The van der Waals surface area contributed by atoms with Crippen molar-refractivity contribution in [2.45, 2.75) is 25.8 Å². The third-order valence-electron chi connectivity index (χ3n) is 3.17. The van der Waals surface area contributed by atoms with E-state index in [-0.39, 0.29) is 22.6 Å². The van der Waals surface area contributed by atoms with E-state index in [4.69, 9.17) is 22.1 Å². The summed E-state index contributed by atoms with van der Waals surface area (Å²) >= 11 is 5.72. The first-order chi connectivity index (χ1) is 10.0. The van der Waals surface area contributed by atoms with Crippen LogP contribution in [0.15, 0.2) is 36.4 Å². The van der Waals surface area contributed by atoms with Gasteiger partial charge in [-0.1, -0.05) is 24.6 Å². The summed E-state index contributed by atoms with van der Waals surface area (Å²) in [5, 5.41) is -0.0265. The fraction of sp³-hybridized carbons (Fsp3) is 0.250. The molecule has 0 saturated heterocycles. The minimum atomic E-state index is -0.644. The molecule has 2 nitrogen and oxygen atoms in total. The molecule has 21 heavy (non-hydrogen) atoms. The van der Waals surface area contributed by atoms with Gasteiger partial charge in [0, 0.05) is 6.04 Å². The minimum Gasteiger partial charge on any atom is -0.454 e. The number of rotatable bonds is 5. The third-order valence-corrected chi connectivity index (χ3v) is 3.46. The minimum absolute atomic E-state index is 0.000396. The second kappa shape index (κ2) is 6.87. The molecule has 0 amide bonds. The first-order valence-corrected chi connectivity index (χ1v) is 7.05. The molecule has 2 rings (SSSR count). The molecule has 0 aliphatic rings. The van der Waals surface area contributed by atoms with E-state index in [0.29, 0.717) is 17.7 Å². The molecule has 0 spiro atoms. The maximum Gasteiger partial charge on any atom is 0.184 e. The molecule has 0 aromatic heterocycles. The molecular formula is C16H16ClF2NO. The molecule has 0 heterocycles. The van der Waals surface area contributed by atoms with Crippen LogP contribution in [0.25, 0.3) is 0 Å². The topological polar surface area (TPSA) is 35.2 Å². The van der Waals surface area contributed by atoms with Crippen LogP contribution < -0.4 is 10.5 Å². The van der Waals surface area contributed by atoms with Gasteiger partial charge in [0.2, 0.25) is 0 Å².